The highest BCUT2D eigenvalue weighted by atomic mass is 35.5. The van der Waals surface area contributed by atoms with Gasteiger partial charge in [-0.25, -0.2) is 9.78 Å². The Balaban J connectivity index is 3.03. The highest BCUT2D eigenvalue weighted by molar-refractivity contribution is 6.34. The number of fused-ring (bicyclic) bond motifs is 1. The second-order valence-electron chi connectivity index (χ2n) is 2.66. The highest BCUT2D eigenvalue weighted by Crippen LogP contribution is 2.18. The summed E-state index contributed by atoms with van der Waals surface area (Å²) < 4.78 is 4.82. The average Bonchev–Trinajstić information content (AvgIpc) is 2.07. The fraction of sp³-hybridized carbons (Fsp3) is 0.111. The molecule has 0 amide bonds. The molecule has 0 aliphatic carbocycles. The molecule has 2 aromatic rings. The van der Waals surface area contributed by atoms with E-state index in [-0.39, 0.29) is 0 Å². The number of para-hydroxylation sites is 1. The van der Waals surface area contributed by atoms with Crippen molar-refractivity contribution in [1.29, 1.82) is 0 Å². The molecule has 1 aromatic heterocycles. The summed E-state index contributed by atoms with van der Waals surface area (Å²) in [4.78, 5) is 15.3. The van der Waals surface area contributed by atoms with Crippen LogP contribution in [0.4, 0.5) is 0 Å². The minimum Gasteiger partial charge on any atom is -0.408 e. The first-order chi connectivity index (χ1) is 6.18. The molecule has 1 aromatic carbocycles. The number of hydrogen-bond acceptors (Lipinski definition) is 3. The number of aromatic nitrogens is 1. The number of nitrogens with zero attached hydrogens (tertiary/aromatic N) is 1. The van der Waals surface area contributed by atoms with E-state index in [0.29, 0.717) is 21.8 Å². The van der Waals surface area contributed by atoms with Gasteiger partial charge in [0.2, 0.25) is 0 Å². The molecule has 0 N–H and O–H groups in total. The molecular weight excluding hydrogens is 190 g/mol. The fourth-order valence-electron chi connectivity index (χ4n) is 1.16. The molecule has 0 atom stereocenters. The van der Waals surface area contributed by atoms with Gasteiger partial charge in [-0.2, -0.15) is 0 Å². The van der Waals surface area contributed by atoms with Crippen molar-refractivity contribution in [2.45, 2.75) is 6.92 Å². The number of hydrogen-bond donors (Lipinski definition) is 0. The van der Waals surface area contributed by atoms with E-state index in [1.165, 1.54) is 0 Å². The van der Waals surface area contributed by atoms with Crippen LogP contribution in [-0.2, 0) is 0 Å². The normalized spacial score (nSPS) is 10.6. The van der Waals surface area contributed by atoms with Crippen LogP contribution in [0, 0.1) is 6.92 Å². The summed E-state index contributed by atoms with van der Waals surface area (Å²) in [7, 11) is 0. The summed E-state index contributed by atoms with van der Waals surface area (Å²) in [5.74, 6) is 0.325. The highest BCUT2D eigenvalue weighted by Gasteiger charge is 2.05. The second-order valence-corrected chi connectivity index (χ2v) is 3.06. The van der Waals surface area contributed by atoms with Gasteiger partial charge in [0.25, 0.3) is 0 Å². The van der Waals surface area contributed by atoms with Gasteiger partial charge in [0.1, 0.15) is 0 Å². The van der Waals surface area contributed by atoms with Gasteiger partial charge in [-0.05, 0) is 12.1 Å². The Morgan fingerprint density at radius 1 is 1.46 bits per heavy atom. The van der Waals surface area contributed by atoms with E-state index in [1.807, 2.05) is 0 Å². The van der Waals surface area contributed by atoms with Crippen LogP contribution >= 0.6 is 11.6 Å². The van der Waals surface area contributed by atoms with Crippen molar-refractivity contribution in [2.75, 3.05) is 0 Å². The van der Waals surface area contributed by atoms with Gasteiger partial charge in [-0.1, -0.05) is 17.7 Å². The molecular formula is C9H6ClNO2. The molecule has 3 nitrogen and oxygen atoms in total. The van der Waals surface area contributed by atoms with E-state index < -0.39 is 5.63 Å². The van der Waals surface area contributed by atoms with Crippen LogP contribution in [0.25, 0.3) is 10.9 Å². The van der Waals surface area contributed by atoms with Gasteiger partial charge in [0, 0.05) is 6.92 Å². The van der Waals surface area contributed by atoms with Crippen LogP contribution in [0.3, 0.4) is 0 Å². The largest absolute Gasteiger partial charge is 0.408 e. The maximum absolute atomic E-state index is 11.3. The molecule has 0 fully saturated rings. The zero-order valence-corrected chi connectivity index (χ0v) is 7.63. The van der Waals surface area contributed by atoms with Crippen molar-refractivity contribution >= 4 is 22.5 Å². The molecule has 0 unspecified atom stereocenters. The van der Waals surface area contributed by atoms with Crippen molar-refractivity contribution in [1.82, 2.24) is 4.98 Å². The summed E-state index contributed by atoms with van der Waals surface area (Å²) in [6, 6.07) is 5.02. The summed E-state index contributed by atoms with van der Waals surface area (Å²) in [5, 5.41) is 0.881. The SMILES string of the molecule is Cc1nc2c(Cl)cccc2c(=O)o1. The van der Waals surface area contributed by atoms with Crippen molar-refractivity contribution in [2.24, 2.45) is 0 Å². The molecule has 13 heavy (non-hydrogen) atoms. The predicted molar refractivity (Wildman–Crippen MR) is 50.0 cm³/mol. The first-order valence-corrected chi connectivity index (χ1v) is 4.12. The quantitative estimate of drug-likeness (QED) is 0.647. The van der Waals surface area contributed by atoms with Gasteiger partial charge in [-0.3, -0.25) is 0 Å². The monoisotopic (exact) mass is 195 g/mol. The smallest absolute Gasteiger partial charge is 0.346 e. The molecule has 0 radical (unpaired) electrons. The average molecular weight is 196 g/mol. The zero-order valence-electron chi connectivity index (χ0n) is 6.87. The minimum absolute atomic E-state index is 0.325. The minimum atomic E-state index is -0.398. The molecule has 1 heterocycles. The number of benzene rings is 1. The van der Waals surface area contributed by atoms with E-state index in [2.05, 4.69) is 4.98 Å². The molecule has 0 spiro atoms. The van der Waals surface area contributed by atoms with Gasteiger partial charge >= 0.3 is 5.63 Å². The molecule has 0 aliphatic heterocycles. The van der Waals surface area contributed by atoms with Crippen molar-refractivity contribution in [3.05, 3.63) is 39.5 Å². The van der Waals surface area contributed by atoms with Crippen LogP contribution in [-0.4, -0.2) is 4.98 Å². The zero-order chi connectivity index (χ0) is 9.42. The second kappa shape index (κ2) is 2.85. The summed E-state index contributed by atoms with van der Waals surface area (Å²) in [6.45, 7) is 1.62. The number of aryl methyl sites for hydroxylation is 1. The number of halogens is 1. The van der Waals surface area contributed by atoms with E-state index in [0.717, 1.165) is 0 Å². The van der Waals surface area contributed by atoms with Crippen LogP contribution in [0.2, 0.25) is 5.02 Å². The Morgan fingerprint density at radius 2 is 2.23 bits per heavy atom. The Bertz CT molecular complexity index is 518. The van der Waals surface area contributed by atoms with E-state index >= 15 is 0 Å². The van der Waals surface area contributed by atoms with Gasteiger partial charge in [0.05, 0.1) is 15.9 Å². The first-order valence-electron chi connectivity index (χ1n) is 3.74. The maximum atomic E-state index is 11.3. The van der Waals surface area contributed by atoms with Crippen LogP contribution in [0.5, 0.6) is 0 Å². The van der Waals surface area contributed by atoms with E-state index in [1.54, 1.807) is 25.1 Å². The lowest BCUT2D eigenvalue weighted by atomic mass is 10.2. The molecule has 0 aliphatic rings. The van der Waals surface area contributed by atoms with Crippen LogP contribution in [0.1, 0.15) is 5.89 Å². The van der Waals surface area contributed by atoms with E-state index in [4.69, 9.17) is 16.0 Å². The van der Waals surface area contributed by atoms with E-state index in [9.17, 15) is 4.79 Å². The molecule has 0 bridgehead atoms. The lowest BCUT2D eigenvalue weighted by molar-refractivity contribution is 0.467. The summed E-state index contributed by atoms with van der Waals surface area (Å²) >= 11 is 5.86. The third-order valence-corrected chi connectivity index (χ3v) is 2.02. The van der Waals surface area contributed by atoms with Crippen LogP contribution in [0.15, 0.2) is 27.4 Å². The lowest BCUT2D eigenvalue weighted by Gasteiger charge is -1.97. The third-order valence-electron chi connectivity index (χ3n) is 1.72. The van der Waals surface area contributed by atoms with Gasteiger partial charge in [-0.15, -0.1) is 0 Å². The lowest BCUT2D eigenvalue weighted by Crippen LogP contribution is -2.02. The van der Waals surface area contributed by atoms with Crippen molar-refractivity contribution in [3.63, 3.8) is 0 Å². The number of rotatable bonds is 0. The third kappa shape index (κ3) is 1.31. The molecule has 0 saturated carbocycles. The van der Waals surface area contributed by atoms with Gasteiger partial charge in [0.15, 0.2) is 5.89 Å². The Morgan fingerprint density at radius 3 is 3.00 bits per heavy atom. The first kappa shape index (κ1) is 8.26. The maximum Gasteiger partial charge on any atom is 0.346 e. The van der Waals surface area contributed by atoms with Crippen molar-refractivity contribution in [3.8, 4) is 0 Å². The molecule has 0 saturated heterocycles. The summed E-state index contributed by atoms with van der Waals surface area (Å²) in [5.41, 5.74) is 0.0999. The Kier molecular flexibility index (Phi) is 1.81. The molecule has 4 heteroatoms. The topological polar surface area (TPSA) is 43.1 Å². The fourth-order valence-corrected chi connectivity index (χ4v) is 1.38. The van der Waals surface area contributed by atoms with Crippen molar-refractivity contribution < 1.29 is 4.42 Å². The predicted octanol–water partition coefficient (Wildman–Crippen LogP) is 2.15. The Labute approximate surface area is 79.0 Å². The standard InChI is InChI=1S/C9H6ClNO2/c1-5-11-8-6(9(12)13-5)3-2-4-7(8)10/h2-4H,1H3. The Hall–Kier alpha value is -1.35. The summed E-state index contributed by atoms with van der Waals surface area (Å²) in [6.07, 6.45) is 0. The van der Waals surface area contributed by atoms with Gasteiger partial charge < -0.3 is 4.42 Å². The van der Waals surface area contributed by atoms with Crippen LogP contribution < -0.4 is 5.63 Å². The molecule has 66 valence electrons. The molecule has 2 rings (SSSR count).